The molecule has 0 aromatic carbocycles. The Hall–Kier alpha value is -0.610. The first-order valence-corrected chi connectivity index (χ1v) is 5.97. The summed E-state index contributed by atoms with van der Waals surface area (Å²) in [6.07, 6.45) is 1.73. The van der Waals surface area contributed by atoms with E-state index in [-0.39, 0.29) is 17.9 Å². The second-order valence-corrected chi connectivity index (χ2v) is 5.56. The van der Waals surface area contributed by atoms with Crippen LogP contribution in [-0.2, 0) is 4.79 Å². The molecular weight excluding hydrogens is 204 g/mol. The maximum absolute atomic E-state index is 11.5. The Morgan fingerprint density at radius 3 is 2.44 bits per heavy atom. The van der Waals surface area contributed by atoms with Crippen LogP contribution in [0.5, 0.6) is 0 Å². The van der Waals surface area contributed by atoms with Gasteiger partial charge in [-0.3, -0.25) is 4.79 Å². The number of nitrogens with two attached hydrogens (primary N) is 1. The van der Waals surface area contributed by atoms with Gasteiger partial charge in [-0.05, 0) is 18.3 Å². The van der Waals surface area contributed by atoms with Gasteiger partial charge in [0.25, 0.3) is 0 Å². The number of hydrogen-bond donors (Lipinski definition) is 3. The van der Waals surface area contributed by atoms with Crippen molar-refractivity contribution in [2.75, 3.05) is 6.54 Å². The van der Waals surface area contributed by atoms with Crippen LogP contribution in [0.4, 0.5) is 0 Å². The molecule has 0 rings (SSSR count). The predicted molar refractivity (Wildman–Crippen MR) is 66.0 cm³/mol. The van der Waals surface area contributed by atoms with Crippen LogP contribution in [0.3, 0.4) is 0 Å². The average molecular weight is 230 g/mol. The SMILES string of the molecule is CCCC(N)C(=O)NCC(O)CC(C)(C)C. The molecule has 0 aromatic heterocycles. The maximum Gasteiger partial charge on any atom is 0.237 e. The summed E-state index contributed by atoms with van der Waals surface area (Å²) in [7, 11) is 0. The van der Waals surface area contributed by atoms with Crippen LogP contribution in [-0.4, -0.2) is 29.7 Å². The van der Waals surface area contributed by atoms with Gasteiger partial charge in [-0.2, -0.15) is 0 Å². The highest BCUT2D eigenvalue weighted by Crippen LogP contribution is 2.20. The van der Waals surface area contributed by atoms with Gasteiger partial charge in [0.2, 0.25) is 5.91 Å². The van der Waals surface area contributed by atoms with Crippen LogP contribution >= 0.6 is 0 Å². The van der Waals surface area contributed by atoms with Crippen molar-refractivity contribution < 1.29 is 9.90 Å². The summed E-state index contributed by atoms with van der Waals surface area (Å²) >= 11 is 0. The van der Waals surface area contributed by atoms with Gasteiger partial charge in [-0.25, -0.2) is 0 Å². The lowest BCUT2D eigenvalue weighted by molar-refractivity contribution is -0.123. The fourth-order valence-corrected chi connectivity index (χ4v) is 1.57. The van der Waals surface area contributed by atoms with E-state index in [9.17, 15) is 9.90 Å². The predicted octanol–water partition coefficient (Wildman–Crippen LogP) is 1.03. The van der Waals surface area contributed by atoms with Crippen molar-refractivity contribution in [2.45, 2.75) is 59.1 Å². The van der Waals surface area contributed by atoms with E-state index in [1.54, 1.807) is 0 Å². The quantitative estimate of drug-likeness (QED) is 0.638. The van der Waals surface area contributed by atoms with E-state index in [2.05, 4.69) is 26.1 Å². The molecule has 0 bridgehead atoms. The minimum absolute atomic E-state index is 0.0652. The lowest BCUT2D eigenvalue weighted by atomic mass is 9.89. The standard InChI is InChI=1S/C12H26N2O2/c1-5-6-10(13)11(16)14-8-9(15)7-12(2,3)4/h9-10,15H,5-8,13H2,1-4H3,(H,14,16). The van der Waals surface area contributed by atoms with Gasteiger partial charge in [0, 0.05) is 6.54 Å². The Bertz CT molecular complexity index is 212. The molecule has 0 heterocycles. The zero-order valence-corrected chi connectivity index (χ0v) is 10.9. The largest absolute Gasteiger partial charge is 0.391 e. The molecule has 0 aliphatic heterocycles. The fourth-order valence-electron chi connectivity index (χ4n) is 1.57. The second kappa shape index (κ2) is 6.86. The van der Waals surface area contributed by atoms with Crippen molar-refractivity contribution in [1.82, 2.24) is 5.32 Å². The molecule has 4 N–H and O–H groups in total. The topological polar surface area (TPSA) is 75.4 Å². The lowest BCUT2D eigenvalue weighted by Gasteiger charge is -2.23. The molecule has 2 atom stereocenters. The van der Waals surface area contributed by atoms with Gasteiger partial charge in [0.05, 0.1) is 12.1 Å². The van der Waals surface area contributed by atoms with Crippen LogP contribution in [0.15, 0.2) is 0 Å². The number of amides is 1. The monoisotopic (exact) mass is 230 g/mol. The molecule has 4 nitrogen and oxygen atoms in total. The normalized spacial score (nSPS) is 15.6. The van der Waals surface area contributed by atoms with E-state index in [0.717, 1.165) is 6.42 Å². The summed E-state index contributed by atoms with van der Waals surface area (Å²) in [5, 5.41) is 12.4. The first-order valence-electron chi connectivity index (χ1n) is 5.97. The first-order chi connectivity index (χ1) is 7.26. The maximum atomic E-state index is 11.5. The molecule has 0 saturated carbocycles. The van der Waals surface area contributed by atoms with E-state index in [1.165, 1.54) is 0 Å². The minimum atomic E-state index is -0.502. The minimum Gasteiger partial charge on any atom is -0.391 e. The molecule has 4 heteroatoms. The third-order valence-electron chi connectivity index (χ3n) is 2.30. The van der Waals surface area contributed by atoms with Crippen LogP contribution in [0, 0.1) is 5.41 Å². The third kappa shape index (κ3) is 7.65. The molecule has 0 aliphatic rings. The van der Waals surface area contributed by atoms with E-state index in [4.69, 9.17) is 5.73 Å². The Morgan fingerprint density at radius 1 is 1.44 bits per heavy atom. The molecular formula is C12H26N2O2. The molecule has 0 aromatic rings. The van der Waals surface area contributed by atoms with Gasteiger partial charge in [-0.15, -0.1) is 0 Å². The van der Waals surface area contributed by atoms with Gasteiger partial charge in [0.15, 0.2) is 0 Å². The molecule has 0 radical (unpaired) electrons. The average Bonchev–Trinajstić information content (AvgIpc) is 2.11. The summed E-state index contributed by atoms with van der Waals surface area (Å²) in [5.41, 5.74) is 5.71. The molecule has 1 amide bonds. The van der Waals surface area contributed by atoms with Gasteiger partial charge in [0.1, 0.15) is 0 Å². The van der Waals surface area contributed by atoms with E-state index < -0.39 is 12.1 Å². The fraction of sp³-hybridized carbons (Fsp3) is 0.917. The van der Waals surface area contributed by atoms with E-state index in [1.807, 2.05) is 6.92 Å². The van der Waals surface area contributed by atoms with Crippen molar-refractivity contribution in [3.05, 3.63) is 0 Å². The number of nitrogens with one attached hydrogen (secondary N) is 1. The van der Waals surface area contributed by atoms with Gasteiger partial charge < -0.3 is 16.2 Å². The highest BCUT2D eigenvalue weighted by molar-refractivity contribution is 5.81. The molecule has 16 heavy (non-hydrogen) atoms. The summed E-state index contributed by atoms with van der Waals surface area (Å²) in [5.74, 6) is -0.171. The molecule has 0 saturated heterocycles. The molecule has 0 spiro atoms. The molecule has 0 aliphatic carbocycles. The Kier molecular flexibility index (Phi) is 6.60. The number of carbonyl (C=O) groups excluding carboxylic acids is 1. The van der Waals surface area contributed by atoms with Crippen molar-refractivity contribution >= 4 is 5.91 Å². The molecule has 96 valence electrons. The number of hydrogen-bond acceptors (Lipinski definition) is 3. The van der Waals surface area contributed by atoms with Crippen LogP contribution in [0.1, 0.15) is 47.0 Å². The summed E-state index contributed by atoms with van der Waals surface area (Å²) in [6, 6.07) is -0.452. The van der Waals surface area contributed by atoms with Crippen molar-refractivity contribution in [1.29, 1.82) is 0 Å². The summed E-state index contributed by atoms with van der Waals surface area (Å²) < 4.78 is 0. The smallest absolute Gasteiger partial charge is 0.237 e. The zero-order chi connectivity index (χ0) is 12.8. The van der Waals surface area contributed by atoms with E-state index in [0.29, 0.717) is 12.8 Å². The lowest BCUT2D eigenvalue weighted by Crippen LogP contribution is -2.43. The van der Waals surface area contributed by atoms with Gasteiger partial charge in [-0.1, -0.05) is 34.1 Å². The van der Waals surface area contributed by atoms with Crippen LogP contribution in [0.2, 0.25) is 0 Å². The van der Waals surface area contributed by atoms with Crippen molar-refractivity contribution in [3.8, 4) is 0 Å². The molecule has 2 unspecified atom stereocenters. The number of carbonyl (C=O) groups is 1. The first kappa shape index (κ1) is 15.4. The Labute approximate surface area is 98.6 Å². The summed E-state index contributed by atoms with van der Waals surface area (Å²) in [4.78, 5) is 11.5. The van der Waals surface area contributed by atoms with Crippen LogP contribution in [0.25, 0.3) is 0 Å². The van der Waals surface area contributed by atoms with E-state index >= 15 is 0 Å². The number of rotatable bonds is 6. The Balaban J connectivity index is 3.83. The second-order valence-electron chi connectivity index (χ2n) is 5.56. The van der Waals surface area contributed by atoms with Gasteiger partial charge >= 0.3 is 0 Å². The van der Waals surface area contributed by atoms with Crippen molar-refractivity contribution in [3.63, 3.8) is 0 Å². The van der Waals surface area contributed by atoms with Crippen LogP contribution < -0.4 is 11.1 Å². The Morgan fingerprint density at radius 2 is 2.00 bits per heavy atom. The number of aliphatic hydroxyl groups excluding tert-OH is 1. The zero-order valence-electron chi connectivity index (χ0n) is 10.9. The molecule has 0 fully saturated rings. The van der Waals surface area contributed by atoms with Crippen molar-refractivity contribution in [2.24, 2.45) is 11.1 Å². The highest BCUT2D eigenvalue weighted by Gasteiger charge is 2.18. The highest BCUT2D eigenvalue weighted by atomic mass is 16.3. The summed E-state index contributed by atoms with van der Waals surface area (Å²) in [6.45, 7) is 8.44. The third-order valence-corrected chi connectivity index (χ3v) is 2.30. The number of aliphatic hydroxyl groups is 1.